The Morgan fingerprint density at radius 1 is 0.517 bits per heavy atom. The van der Waals surface area contributed by atoms with Crippen LogP contribution in [0.2, 0.25) is 20.1 Å². The molecule has 0 aromatic carbocycles. The summed E-state index contributed by atoms with van der Waals surface area (Å²) in [5.74, 6) is -2.44. The van der Waals surface area contributed by atoms with E-state index in [1.807, 2.05) is 86.1 Å². The minimum Gasteiger partial charge on any atom is -1.00 e. The number of aldehydes is 3. The fraction of sp³-hybridized carbons (Fsp3) is 0.510. The Hall–Kier alpha value is -6.63. The number of aromatic nitrogens is 4. The summed E-state index contributed by atoms with van der Waals surface area (Å²) in [6, 6.07) is 12.4. The number of carboxylic acids is 1. The van der Waals surface area contributed by atoms with Crippen molar-refractivity contribution >= 4 is 176 Å². The first-order chi connectivity index (χ1) is 65.5. The molecule has 145 heavy (non-hydrogen) atoms. The average molecular weight is 2250 g/mol. The fourth-order valence-corrected chi connectivity index (χ4v) is 13.3. The van der Waals surface area contributed by atoms with Crippen LogP contribution in [0.4, 0.5) is 0 Å². The number of carbonyl (C=O) groups is 12. The van der Waals surface area contributed by atoms with E-state index in [2.05, 4.69) is 53.7 Å². The number of nitrogens with zero attached hydrogens (tertiary/aromatic N) is 6. The average Bonchev–Trinajstić information content (AvgIpc) is 1.60. The van der Waals surface area contributed by atoms with Crippen LogP contribution in [-0.2, 0) is 99.7 Å². The second-order valence-electron chi connectivity index (χ2n) is 31.8. The molecular formula is C102H151BBrCl5N7Na2O26Ti. The summed E-state index contributed by atoms with van der Waals surface area (Å²) in [4.78, 5) is 133. The van der Waals surface area contributed by atoms with E-state index < -0.39 is 17.9 Å². The molecule has 43 heteroatoms. The van der Waals surface area contributed by atoms with Crippen LogP contribution in [0.15, 0.2) is 120 Å². The number of aliphatic hydroxyl groups is 4. The molecule has 6 aliphatic rings. The van der Waals surface area contributed by atoms with Crippen molar-refractivity contribution in [2.24, 2.45) is 0 Å². The van der Waals surface area contributed by atoms with Gasteiger partial charge >= 0.3 is 83.0 Å². The maximum absolute atomic E-state index is 12.4. The van der Waals surface area contributed by atoms with Crippen molar-refractivity contribution in [3.05, 3.63) is 197 Å². The summed E-state index contributed by atoms with van der Waals surface area (Å²) in [6.45, 7) is 53.3. The van der Waals surface area contributed by atoms with Gasteiger partial charge in [0.05, 0.1) is 138 Å². The zero-order valence-corrected chi connectivity index (χ0v) is 98.5. The third kappa shape index (κ3) is 68.0. The third-order valence-corrected chi connectivity index (χ3v) is 19.7. The smallest absolute Gasteiger partial charge is 1.00 e. The van der Waals surface area contributed by atoms with Gasteiger partial charge in [-0.2, -0.15) is 0 Å². The van der Waals surface area contributed by atoms with E-state index in [1.165, 1.54) is 51.2 Å². The van der Waals surface area contributed by atoms with Gasteiger partial charge in [-0.3, -0.25) is 48.1 Å². The molecule has 7 N–H and O–H groups in total. The minimum absolute atomic E-state index is 0. The van der Waals surface area contributed by atoms with Gasteiger partial charge in [-0.15, -0.1) is 0 Å². The van der Waals surface area contributed by atoms with Crippen LogP contribution in [-0.4, -0.2) is 287 Å². The van der Waals surface area contributed by atoms with Crippen molar-refractivity contribution in [2.45, 2.75) is 222 Å². The normalized spacial score (nSPS) is 13.1. The number of ketones is 4. The summed E-state index contributed by atoms with van der Waals surface area (Å²) in [6.07, 6.45) is 21.8. The number of nitrogens with one attached hydrogen (secondary N) is 1. The number of alkyl halides is 1. The molecule has 4 saturated heterocycles. The molecule has 801 valence electrons. The van der Waals surface area contributed by atoms with Crippen molar-refractivity contribution in [3.63, 3.8) is 0 Å². The molecule has 0 amide bonds. The first-order valence-corrected chi connectivity index (χ1v) is 48.4. The number of Topliss-reactive ketones (excluding diaryl/α,β-unsaturated/α-hetero) is 4. The van der Waals surface area contributed by atoms with E-state index >= 15 is 0 Å². The zero-order chi connectivity index (χ0) is 106. The van der Waals surface area contributed by atoms with E-state index in [1.54, 1.807) is 118 Å². The van der Waals surface area contributed by atoms with Crippen LogP contribution >= 0.6 is 73.9 Å². The molecule has 4 aliphatic heterocycles. The quantitative estimate of drug-likeness (QED) is 0.00785. The number of carbonyl (C=O) groups excluding carboxylic acids is 11. The Morgan fingerprint density at radius 2 is 0.883 bits per heavy atom. The number of hydrogen-bond acceptors (Lipinski definition) is 28. The summed E-state index contributed by atoms with van der Waals surface area (Å²) < 4.78 is 48.0. The maximum Gasteiger partial charge on any atom is 1.00 e. The molecule has 33 nitrogen and oxygen atoms in total. The van der Waals surface area contributed by atoms with Crippen molar-refractivity contribution in [1.82, 2.24) is 32.9 Å². The molecule has 4 fully saturated rings. The van der Waals surface area contributed by atoms with Gasteiger partial charge < -0.3 is 98.3 Å². The predicted octanol–water partition coefficient (Wildman–Crippen LogP) is 12.1. The zero-order valence-electron chi connectivity index (χ0n) is 88.6. The van der Waals surface area contributed by atoms with Crippen LogP contribution in [0, 0.1) is 20.8 Å². The summed E-state index contributed by atoms with van der Waals surface area (Å²) in [5, 5.41) is 46.2. The minimum atomic E-state index is -0.833. The number of morpholine rings is 3. The van der Waals surface area contributed by atoms with Crippen molar-refractivity contribution in [3.8, 4) is 0 Å². The number of hydrogen-bond donors (Lipinski definition) is 6. The number of esters is 4. The molecule has 1 atom stereocenters. The van der Waals surface area contributed by atoms with Gasteiger partial charge in [0.1, 0.15) is 36.3 Å². The van der Waals surface area contributed by atoms with Gasteiger partial charge in [-0.25, -0.2) is 14.4 Å². The van der Waals surface area contributed by atoms with Crippen molar-refractivity contribution in [1.29, 1.82) is 0 Å². The largest absolute Gasteiger partial charge is 1.00 e. The van der Waals surface area contributed by atoms with E-state index in [4.69, 9.17) is 121 Å². The SMILES string of the molecule is C.C1CCOC1.C1COCCN1.C=C(c1c(C)c(C(=O)OCC)cc2cc(Cl)cn12)N1CCOCC1.CC(=O)CBr.CC(=O)Cn1cc(Cl)cc1C=O.CC(=O)O.CC(C)O.CC(C)O.CC(C)O.CC(C)O.CCOC(=O)CC(C)=O.CCOC(=O)c1cc2cc(Cl)cn2c(C(C)=O)c1C.CCOC(=O)c1cc2cc(Cl)cn2c(C(C)N2CCOCC2)c1C.O=CC1=CC(Cl)=CC1.O=CC1=CC=CC1.[B].[H-].[Na+].[Na+].[OH-].[Ti]. The molecule has 13 rings (SSSR count). The number of allylic oxidation sites excluding steroid dienone is 8. The topological polar surface area (TPSA) is 446 Å². The van der Waals surface area contributed by atoms with E-state index in [0.717, 1.165) is 155 Å². The second kappa shape index (κ2) is 89.1. The van der Waals surface area contributed by atoms with Crippen molar-refractivity contribution < 1.29 is 209 Å². The number of aliphatic carboxylic acids is 1. The maximum atomic E-state index is 12.4. The number of halogens is 6. The van der Waals surface area contributed by atoms with Gasteiger partial charge in [-0.05, 0) is 234 Å². The first-order valence-electron chi connectivity index (χ1n) is 45.4. The van der Waals surface area contributed by atoms with Crippen LogP contribution in [0.25, 0.3) is 22.2 Å². The van der Waals surface area contributed by atoms with Gasteiger partial charge in [0, 0.05) is 179 Å². The standard InChI is InChI=1S/C18H23ClN2O3.C18H21ClN2O3.C14H14ClNO3.C8H8ClNO2.C6H5ClO.C6H10O3.C6H6O.C4H9NO.C4H8O.C3H5BrO.4C3H8O.C2H4O2.CH4.B.2Na.H2O.Ti.H/c2*1-4-24-18(22)16-10-15-9-14(19)11-21(15)17(12(16)2)13(3)20-5-7-23-8-6-20;1-4-19-14(18)12-6-11-5-10(15)7-16(11)13(8(12)2)9(3)17;1-6(12)3-10-4-7(9)2-8(10)5-11;7-6-2-1-5(3-6)4-8;1-3-9-6(8)4-5(2)7;7-5-6-3-1-2-4-6;1-3-6-4-2-5-1;1-2-4-5-3-1;1-3(5)2-4;4*1-3(2)4;1-2(3)4;;;;;;;/h9-11,13H,4-8H2,1-3H3;9-11H,3-8H2,1-2H3;5-7H,4H2,1-3H3;2,4-5H,3H2,1H3;2-4H,1H2;3-4H2,1-2H3;1-3,5H,4H2;5H,1-4H2;1-4H2;2H2,1H3;4*3-4H,1-2H3;1H3,(H,3,4);1H4;;;;1H2;;/q;;;;;;;;;;;;;;;;;2*+1;;;-1/p-1. The van der Waals surface area contributed by atoms with Gasteiger partial charge in [0.2, 0.25) is 0 Å². The molecule has 2 aliphatic carbocycles. The molecule has 0 saturated carbocycles. The Balaban J connectivity index is -0.000000206. The van der Waals surface area contributed by atoms with E-state index in [9.17, 15) is 52.7 Å². The molecule has 0 bridgehead atoms. The van der Waals surface area contributed by atoms with Crippen LogP contribution in [0.3, 0.4) is 0 Å². The molecule has 11 heterocycles. The van der Waals surface area contributed by atoms with Gasteiger partial charge in [0.15, 0.2) is 12.1 Å². The second-order valence-corrected chi connectivity index (χ2v) is 34.6. The molecule has 0 spiro atoms. The Bertz CT molecular complexity index is 5070. The van der Waals surface area contributed by atoms with Crippen LogP contribution < -0.4 is 64.4 Å². The Labute approximate surface area is 951 Å². The van der Waals surface area contributed by atoms with Crippen molar-refractivity contribution in [2.75, 3.05) is 124 Å². The number of fused-ring (bicyclic) bond motifs is 3. The van der Waals surface area contributed by atoms with Crippen LogP contribution in [0.5, 0.6) is 0 Å². The van der Waals surface area contributed by atoms with E-state index in [-0.39, 0.29) is 182 Å². The van der Waals surface area contributed by atoms with Gasteiger partial charge in [0.25, 0.3) is 5.97 Å². The molecule has 3 radical (unpaired) electrons. The molecule has 1 unspecified atom stereocenters. The predicted molar refractivity (Wildman–Crippen MR) is 566 cm³/mol. The van der Waals surface area contributed by atoms with Gasteiger partial charge in [-0.1, -0.05) is 112 Å². The number of pyridine rings is 3. The number of ether oxygens (including phenoxy) is 8. The fourth-order valence-electron chi connectivity index (χ4n) is 12.2. The molecule has 7 aromatic rings. The number of rotatable bonds is 20. The van der Waals surface area contributed by atoms with Crippen LogP contribution in [0.1, 0.15) is 252 Å². The molecule has 7 aromatic heterocycles. The molecular weight excluding hydrogens is 2100 g/mol. The number of carboxylic acid groups (broad SMARTS) is 1. The monoisotopic (exact) mass is 2250 g/mol. The Kier molecular flexibility index (Phi) is 94.4. The van der Waals surface area contributed by atoms with E-state index in [0.29, 0.717) is 122 Å². The summed E-state index contributed by atoms with van der Waals surface area (Å²) in [7, 11) is 0. The summed E-state index contributed by atoms with van der Waals surface area (Å²) >= 11 is 32.5. The number of aliphatic hydroxyl groups excluding tert-OH is 4. The third-order valence-electron chi connectivity index (χ3n) is 17.8. The Morgan fingerprint density at radius 3 is 1.19 bits per heavy atom. The summed E-state index contributed by atoms with van der Waals surface area (Å²) in [5.41, 5.74) is 11.7. The first kappa shape index (κ1) is 154.